The standard InChI is InChI=1S/C26H27N5O3/c1-33-22-7-3-2-5-20(22)26(32)10-4-6-21-24(26)31-17-18(8-9-23(31)29-21)19-15-27-25(28-16-19)30-11-13-34-14-12-30/h2-3,5,7-9,15-17,32H,4,6,10-14H2,1H3. The Hall–Kier alpha value is -3.49. The van der Waals surface area contributed by atoms with Crippen molar-refractivity contribution in [3.05, 3.63) is 71.9 Å². The van der Waals surface area contributed by atoms with Gasteiger partial charge in [-0.2, -0.15) is 0 Å². The van der Waals surface area contributed by atoms with E-state index >= 15 is 0 Å². The summed E-state index contributed by atoms with van der Waals surface area (Å²) >= 11 is 0. The number of anilines is 1. The summed E-state index contributed by atoms with van der Waals surface area (Å²) in [6, 6.07) is 11.7. The van der Waals surface area contributed by atoms with Gasteiger partial charge in [-0.3, -0.25) is 4.40 Å². The summed E-state index contributed by atoms with van der Waals surface area (Å²) in [6.07, 6.45) is 8.04. The van der Waals surface area contributed by atoms with E-state index in [1.165, 1.54) is 0 Å². The van der Waals surface area contributed by atoms with E-state index < -0.39 is 5.60 Å². The zero-order chi connectivity index (χ0) is 23.1. The predicted molar refractivity (Wildman–Crippen MR) is 128 cm³/mol. The van der Waals surface area contributed by atoms with E-state index in [-0.39, 0.29) is 0 Å². The van der Waals surface area contributed by atoms with Crippen LogP contribution in [0.5, 0.6) is 5.75 Å². The third kappa shape index (κ3) is 3.41. The van der Waals surface area contributed by atoms with Crippen LogP contribution in [0.3, 0.4) is 0 Å². The highest BCUT2D eigenvalue weighted by Gasteiger charge is 2.41. The molecular weight excluding hydrogens is 430 g/mol. The van der Waals surface area contributed by atoms with Crippen LogP contribution >= 0.6 is 0 Å². The molecule has 0 radical (unpaired) electrons. The van der Waals surface area contributed by atoms with Crippen LogP contribution in [0.4, 0.5) is 5.95 Å². The maximum absolute atomic E-state index is 12.1. The minimum absolute atomic E-state index is 0.607. The lowest BCUT2D eigenvalue weighted by Gasteiger charge is -2.33. The first-order chi connectivity index (χ1) is 16.7. The van der Waals surface area contributed by atoms with Gasteiger partial charge in [0.25, 0.3) is 0 Å². The molecule has 174 valence electrons. The molecule has 0 saturated carbocycles. The van der Waals surface area contributed by atoms with Gasteiger partial charge in [0.2, 0.25) is 5.95 Å². The van der Waals surface area contributed by atoms with Gasteiger partial charge in [0, 0.05) is 48.4 Å². The SMILES string of the molecule is COc1ccccc1C1(O)CCCc2nc3ccc(-c4cnc(N5CCOCC5)nc4)cn3c21. The number of ether oxygens (including phenoxy) is 2. The minimum atomic E-state index is -1.19. The van der Waals surface area contributed by atoms with E-state index in [1.807, 2.05) is 59.4 Å². The molecule has 8 heteroatoms. The molecule has 3 aromatic heterocycles. The van der Waals surface area contributed by atoms with Crippen LogP contribution < -0.4 is 9.64 Å². The van der Waals surface area contributed by atoms with E-state index in [2.05, 4.69) is 14.9 Å². The van der Waals surface area contributed by atoms with Crippen LogP contribution in [0.2, 0.25) is 0 Å². The second-order valence-corrected chi connectivity index (χ2v) is 8.84. The maximum Gasteiger partial charge on any atom is 0.225 e. The Morgan fingerprint density at radius 1 is 1.03 bits per heavy atom. The summed E-state index contributed by atoms with van der Waals surface area (Å²) < 4.78 is 13.0. The van der Waals surface area contributed by atoms with Crippen molar-refractivity contribution >= 4 is 11.6 Å². The fourth-order valence-corrected chi connectivity index (χ4v) is 5.15. The smallest absolute Gasteiger partial charge is 0.225 e. The normalized spacial score (nSPS) is 20.4. The second kappa shape index (κ2) is 8.38. The van der Waals surface area contributed by atoms with Gasteiger partial charge in [-0.05, 0) is 37.5 Å². The summed E-state index contributed by atoms with van der Waals surface area (Å²) in [4.78, 5) is 16.2. The summed E-state index contributed by atoms with van der Waals surface area (Å²) in [5, 5.41) is 12.1. The summed E-state index contributed by atoms with van der Waals surface area (Å²) in [6.45, 7) is 2.99. The van der Waals surface area contributed by atoms with E-state index in [9.17, 15) is 5.11 Å². The Bertz CT molecular complexity index is 1330. The Kier molecular flexibility index (Phi) is 5.19. The highest BCUT2D eigenvalue weighted by atomic mass is 16.5. The number of morpholine rings is 1. The summed E-state index contributed by atoms with van der Waals surface area (Å²) in [7, 11) is 1.64. The Balaban J connectivity index is 1.43. The van der Waals surface area contributed by atoms with Gasteiger partial charge < -0.3 is 19.5 Å². The van der Waals surface area contributed by atoms with Crippen molar-refractivity contribution in [1.82, 2.24) is 19.4 Å². The van der Waals surface area contributed by atoms with Crippen LogP contribution in [-0.2, 0) is 16.8 Å². The molecule has 1 aliphatic heterocycles. The molecule has 2 aliphatic rings. The number of benzene rings is 1. The first-order valence-electron chi connectivity index (χ1n) is 11.7. The minimum Gasteiger partial charge on any atom is -0.496 e. The van der Waals surface area contributed by atoms with Gasteiger partial charge in [0.05, 0.1) is 31.7 Å². The number of aryl methyl sites for hydroxylation is 1. The molecule has 1 saturated heterocycles. The fraction of sp³-hybridized carbons (Fsp3) is 0.346. The van der Waals surface area contributed by atoms with Crippen LogP contribution in [0.15, 0.2) is 55.0 Å². The van der Waals surface area contributed by atoms with Crippen molar-refractivity contribution in [3.63, 3.8) is 0 Å². The molecule has 4 heterocycles. The summed E-state index contributed by atoms with van der Waals surface area (Å²) in [5.41, 5.74) is 4.02. The lowest BCUT2D eigenvalue weighted by molar-refractivity contribution is 0.0533. The van der Waals surface area contributed by atoms with Crippen LogP contribution in [0, 0.1) is 0 Å². The molecule has 1 N–H and O–H groups in total. The highest BCUT2D eigenvalue weighted by molar-refractivity contribution is 5.65. The molecule has 1 unspecified atom stereocenters. The molecule has 1 fully saturated rings. The molecule has 1 aromatic carbocycles. The van der Waals surface area contributed by atoms with Gasteiger partial charge in [0.15, 0.2) is 0 Å². The van der Waals surface area contributed by atoms with Crippen molar-refractivity contribution in [1.29, 1.82) is 0 Å². The van der Waals surface area contributed by atoms with E-state index in [0.717, 1.165) is 65.6 Å². The monoisotopic (exact) mass is 457 g/mol. The number of aliphatic hydroxyl groups is 1. The number of aromatic nitrogens is 4. The first kappa shape index (κ1) is 21.1. The lowest BCUT2D eigenvalue weighted by Crippen LogP contribution is -2.37. The number of imidazole rings is 1. The highest BCUT2D eigenvalue weighted by Crippen LogP contribution is 2.44. The summed E-state index contributed by atoms with van der Waals surface area (Å²) in [5.74, 6) is 1.40. The third-order valence-electron chi connectivity index (χ3n) is 6.85. The van der Waals surface area contributed by atoms with Crippen molar-refractivity contribution < 1.29 is 14.6 Å². The van der Waals surface area contributed by atoms with E-state index in [1.54, 1.807) is 7.11 Å². The largest absolute Gasteiger partial charge is 0.496 e. The van der Waals surface area contributed by atoms with Crippen molar-refractivity contribution in [2.45, 2.75) is 24.9 Å². The first-order valence-corrected chi connectivity index (χ1v) is 11.7. The van der Waals surface area contributed by atoms with Gasteiger partial charge in [-0.1, -0.05) is 18.2 Å². The quantitative estimate of drug-likeness (QED) is 0.504. The average molecular weight is 458 g/mol. The molecular formula is C26H27N5O3. The molecule has 6 rings (SSSR count). The zero-order valence-electron chi connectivity index (χ0n) is 19.1. The Morgan fingerprint density at radius 3 is 2.62 bits per heavy atom. The molecule has 1 aliphatic carbocycles. The predicted octanol–water partition coefficient (Wildman–Crippen LogP) is 3.21. The molecule has 8 nitrogen and oxygen atoms in total. The maximum atomic E-state index is 12.1. The number of fused-ring (bicyclic) bond motifs is 3. The van der Waals surface area contributed by atoms with Gasteiger partial charge in [0.1, 0.15) is 17.0 Å². The number of hydrogen-bond donors (Lipinski definition) is 1. The number of methoxy groups -OCH3 is 1. The van der Waals surface area contributed by atoms with Crippen LogP contribution in [0.1, 0.15) is 29.8 Å². The van der Waals surface area contributed by atoms with Crippen LogP contribution in [-0.4, -0.2) is 57.9 Å². The average Bonchev–Trinajstić information content (AvgIpc) is 3.28. The second-order valence-electron chi connectivity index (χ2n) is 8.84. The number of para-hydroxylation sites is 1. The lowest BCUT2D eigenvalue weighted by atomic mass is 9.79. The number of rotatable bonds is 4. The molecule has 34 heavy (non-hydrogen) atoms. The molecule has 0 bridgehead atoms. The number of nitrogens with zero attached hydrogens (tertiary/aromatic N) is 5. The number of hydrogen-bond acceptors (Lipinski definition) is 7. The molecule has 0 spiro atoms. The zero-order valence-corrected chi connectivity index (χ0v) is 19.1. The number of pyridine rings is 1. The van der Waals surface area contributed by atoms with Crippen LogP contribution in [0.25, 0.3) is 16.8 Å². The van der Waals surface area contributed by atoms with Crippen molar-refractivity contribution in [3.8, 4) is 16.9 Å². The van der Waals surface area contributed by atoms with Crippen molar-refractivity contribution in [2.24, 2.45) is 0 Å². The fourth-order valence-electron chi connectivity index (χ4n) is 5.15. The topological polar surface area (TPSA) is 85.0 Å². The van der Waals surface area contributed by atoms with E-state index in [0.29, 0.717) is 25.4 Å². The van der Waals surface area contributed by atoms with Gasteiger partial charge >= 0.3 is 0 Å². The Labute approximate surface area is 197 Å². The third-order valence-corrected chi connectivity index (χ3v) is 6.85. The van der Waals surface area contributed by atoms with E-state index in [4.69, 9.17) is 14.5 Å². The molecule has 4 aromatic rings. The van der Waals surface area contributed by atoms with Gasteiger partial charge in [-0.15, -0.1) is 0 Å². The molecule has 0 amide bonds. The van der Waals surface area contributed by atoms with Crippen molar-refractivity contribution in [2.75, 3.05) is 38.3 Å². The Morgan fingerprint density at radius 2 is 1.82 bits per heavy atom. The molecule has 1 atom stereocenters. The van der Waals surface area contributed by atoms with Gasteiger partial charge in [-0.25, -0.2) is 15.0 Å².